The molecule has 1 saturated heterocycles. The molecule has 2 aliphatic carbocycles. The Morgan fingerprint density at radius 1 is 0.920 bits per heavy atom. The van der Waals surface area contributed by atoms with Crippen LogP contribution in [0.4, 0.5) is 0 Å². The SMILES string of the molecule is CC(C)(C1CCC(OCCC=O)CC1)C1CCC(OCC2CO2)CC1. The van der Waals surface area contributed by atoms with Crippen molar-refractivity contribution in [1.29, 1.82) is 0 Å². The quantitative estimate of drug-likeness (QED) is 0.355. The molecule has 0 aromatic carbocycles. The molecule has 3 aliphatic rings. The number of aldehydes is 1. The number of carbonyl (C=O) groups is 1. The van der Waals surface area contributed by atoms with Crippen LogP contribution in [0.3, 0.4) is 0 Å². The number of hydrogen-bond acceptors (Lipinski definition) is 4. The Morgan fingerprint density at radius 3 is 1.92 bits per heavy atom. The molecule has 0 amide bonds. The maximum atomic E-state index is 10.4. The number of ether oxygens (including phenoxy) is 3. The third kappa shape index (κ3) is 5.51. The predicted octanol–water partition coefficient (Wildman–Crippen LogP) is 4.15. The molecular formula is C21H36O4. The van der Waals surface area contributed by atoms with Crippen LogP contribution in [0.25, 0.3) is 0 Å². The summed E-state index contributed by atoms with van der Waals surface area (Å²) >= 11 is 0. The Bertz CT molecular complexity index is 402. The molecule has 3 fully saturated rings. The summed E-state index contributed by atoms with van der Waals surface area (Å²) in [5, 5.41) is 0. The van der Waals surface area contributed by atoms with E-state index < -0.39 is 0 Å². The van der Waals surface area contributed by atoms with Crippen LogP contribution >= 0.6 is 0 Å². The first-order chi connectivity index (χ1) is 12.1. The fourth-order valence-electron chi connectivity index (χ4n) is 4.97. The molecule has 1 heterocycles. The second-order valence-corrected chi connectivity index (χ2v) is 8.88. The van der Waals surface area contributed by atoms with E-state index in [1.165, 1.54) is 38.5 Å². The summed E-state index contributed by atoms with van der Waals surface area (Å²) in [6.45, 7) is 7.28. The van der Waals surface area contributed by atoms with E-state index in [0.717, 1.165) is 44.2 Å². The van der Waals surface area contributed by atoms with Crippen molar-refractivity contribution >= 4 is 6.29 Å². The van der Waals surface area contributed by atoms with Crippen LogP contribution in [-0.2, 0) is 19.0 Å². The summed E-state index contributed by atoms with van der Waals surface area (Å²) < 4.78 is 17.1. The fourth-order valence-corrected chi connectivity index (χ4v) is 4.97. The average molecular weight is 353 g/mol. The predicted molar refractivity (Wildman–Crippen MR) is 97.6 cm³/mol. The molecule has 25 heavy (non-hydrogen) atoms. The highest BCUT2D eigenvalue weighted by atomic mass is 16.6. The van der Waals surface area contributed by atoms with Gasteiger partial charge in [-0.3, -0.25) is 0 Å². The van der Waals surface area contributed by atoms with Gasteiger partial charge in [-0.2, -0.15) is 0 Å². The Hall–Kier alpha value is -0.450. The first kappa shape index (κ1) is 19.3. The van der Waals surface area contributed by atoms with Gasteiger partial charge in [0, 0.05) is 6.42 Å². The highest BCUT2D eigenvalue weighted by Crippen LogP contribution is 2.48. The van der Waals surface area contributed by atoms with Crippen molar-refractivity contribution < 1.29 is 19.0 Å². The topological polar surface area (TPSA) is 48.1 Å². The molecule has 0 N–H and O–H groups in total. The minimum atomic E-state index is 0.376. The minimum absolute atomic E-state index is 0.376. The van der Waals surface area contributed by atoms with Crippen molar-refractivity contribution in [2.45, 2.75) is 89.9 Å². The van der Waals surface area contributed by atoms with Gasteiger partial charge in [0.25, 0.3) is 0 Å². The molecule has 3 rings (SSSR count). The van der Waals surface area contributed by atoms with E-state index in [4.69, 9.17) is 14.2 Å². The molecule has 0 aromatic heterocycles. The fraction of sp³-hybridized carbons (Fsp3) is 0.952. The summed E-state index contributed by atoms with van der Waals surface area (Å²) in [6.07, 6.45) is 12.6. The van der Waals surface area contributed by atoms with Gasteiger partial charge in [0.15, 0.2) is 0 Å². The molecule has 0 bridgehead atoms. The molecule has 4 heteroatoms. The minimum Gasteiger partial charge on any atom is -0.378 e. The lowest BCUT2D eigenvalue weighted by Gasteiger charge is -2.46. The number of hydrogen-bond donors (Lipinski definition) is 0. The summed E-state index contributed by atoms with van der Waals surface area (Å²) in [5.41, 5.74) is 0.415. The van der Waals surface area contributed by atoms with Crippen LogP contribution in [0.2, 0.25) is 0 Å². The maximum absolute atomic E-state index is 10.4. The zero-order chi connectivity index (χ0) is 17.7. The van der Waals surface area contributed by atoms with Crippen molar-refractivity contribution in [2.75, 3.05) is 19.8 Å². The highest BCUT2D eigenvalue weighted by molar-refractivity contribution is 5.49. The van der Waals surface area contributed by atoms with Crippen LogP contribution in [0, 0.1) is 17.3 Å². The third-order valence-corrected chi connectivity index (χ3v) is 6.96. The van der Waals surface area contributed by atoms with Crippen molar-refractivity contribution in [1.82, 2.24) is 0 Å². The Labute approximate surface area is 153 Å². The van der Waals surface area contributed by atoms with Crippen LogP contribution in [0.15, 0.2) is 0 Å². The highest BCUT2D eigenvalue weighted by Gasteiger charge is 2.40. The van der Waals surface area contributed by atoms with Gasteiger partial charge in [0.2, 0.25) is 0 Å². The molecule has 1 atom stereocenters. The molecule has 144 valence electrons. The Kier molecular flexibility index (Phi) is 6.93. The van der Waals surface area contributed by atoms with Gasteiger partial charge in [-0.05, 0) is 68.6 Å². The molecule has 2 saturated carbocycles. The molecule has 4 nitrogen and oxygen atoms in total. The second-order valence-electron chi connectivity index (χ2n) is 8.88. The van der Waals surface area contributed by atoms with Gasteiger partial charge in [-0.15, -0.1) is 0 Å². The van der Waals surface area contributed by atoms with Gasteiger partial charge in [-0.25, -0.2) is 0 Å². The van der Waals surface area contributed by atoms with Crippen LogP contribution in [0.5, 0.6) is 0 Å². The summed E-state index contributed by atoms with van der Waals surface area (Å²) in [7, 11) is 0. The van der Waals surface area contributed by atoms with E-state index in [9.17, 15) is 4.79 Å². The van der Waals surface area contributed by atoms with E-state index in [0.29, 0.717) is 36.8 Å². The largest absolute Gasteiger partial charge is 0.378 e. The standard InChI is InChI=1S/C21H36O4/c1-21(2,16-4-8-18(9-5-16)23-13-3-12-22)17-6-10-19(11-7-17)24-14-20-15-25-20/h12,16-20H,3-11,13-15H2,1-2H3. The summed E-state index contributed by atoms with van der Waals surface area (Å²) in [5.74, 6) is 1.63. The monoisotopic (exact) mass is 352 g/mol. The van der Waals surface area contributed by atoms with Crippen LogP contribution in [-0.4, -0.2) is 44.4 Å². The Balaban J connectivity index is 1.38. The third-order valence-electron chi connectivity index (χ3n) is 6.96. The Morgan fingerprint density at radius 2 is 1.44 bits per heavy atom. The van der Waals surface area contributed by atoms with E-state index in [2.05, 4.69) is 13.8 Å². The van der Waals surface area contributed by atoms with Gasteiger partial charge in [0.1, 0.15) is 12.4 Å². The number of rotatable bonds is 9. The lowest BCUT2D eigenvalue weighted by Crippen LogP contribution is -2.39. The van der Waals surface area contributed by atoms with Crippen molar-refractivity contribution in [2.24, 2.45) is 17.3 Å². The average Bonchev–Trinajstić information content (AvgIpc) is 3.45. The molecule has 0 radical (unpaired) electrons. The zero-order valence-corrected chi connectivity index (χ0v) is 16.1. The van der Waals surface area contributed by atoms with Crippen molar-refractivity contribution in [3.8, 4) is 0 Å². The van der Waals surface area contributed by atoms with Gasteiger partial charge >= 0.3 is 0 Å². The summed E-state index contributed by atoms with van der Waals surface area (Å²) in [4.78, 5) is 10.4. The summed E-state index contributed by atoms with van der Waals surface area (Å²) in [6, 6.07) is 0. The number of carbonyl (C=O) groups excluding carboxylic acids is 1. The van der Waals surface area contributed by atoms with Gasteiger partial charge in [-0.1, -0.05) is 13.8 Å². The van der Waals surface area contributed by atoms with E-state index in [1.807, 2.05) is 0 Å². The molecular weight excluding hydrogens is 316 g/mol. The second kappa shape index (κ2) is 8.96. The van der Waals surface area contributed by atoms with E-state index >= 15 is 0 Å². The molecule has 0 spiro atoms. The molecule has 1 aliphatic heterocycles. The smallest absolute Gasteiger partial charge is 0.122 e. The van der Waals surface area contributed by atoms with E-state index in [-0.39, 0.29) is 0 Å². The first-order valence-corrected chi connectivity index (χ1v) is 10.4. The number of epoxide rings is 1. The van der Waals surface area contributed by atoms with Crippen LogP contribution in [0.1, 0.15) is 71.6 Å². The normalized spacial score (nSPS) is 36.2. The molecule has 1 unspecified atom stereocenters. The zero-order valence-electron chi connectivity index (χ0n) is 16.1. The van der Waals surface area contributed by atoms with Gasteiger partial charge in [0.05, 0.1) is 32.0 Å². The van der Waals surface area contributed by atoms with Gasteiger partial charge < -0.3 is 19.0 Å². The lowest BCUT2D eigenvalue weighted by atomic mass is 9.60. The first-order valence-electron chi connectivity index (χ1n) is 10.4. The van der Waals surface area contributed by atoms with Crippen molar-refractivity contribution in [3.05, 3.63) is 0 Å². The molecule has 0 aromatic rings. The van der Waals surface area contributed by atoms with Crippen molar-refractivity contribution in [3.63, 3.8) is 0 Å². The van der Waals surface area contributed by atoms with E-state index in [1.54, 1.807) is 0 Å². The lowest BCUT2D eigenvalue weighted by molar-refractivity contribution is -0.109. The van der Waals surface area contributed by atoms with Crippen LogP contribution < -0.4 is 0 Å². The maximum Gasteiger partial charge on any atom is 0.122 e.